The van der Waals surface area contributed by atoms with Gasteiger partial charge in [0.15, 0.2) is 0 Å². The number of pyridine rings is 2. The zero-order chi connectivity index (χ0) is 17.1. The molecule has 124 valence electrons. The molecular formula is C19H16N4S2. The first kappa shape index (κ1) is 15.9. The smallest absolute Gasteiger partial charge is 0.132 e. The van der Waals surface area contributed by atoms with E-state index in [9.17, 15) is 0 Å². The summed E-state index contributed by atoms with van der Waals surface area (Å²) < 4.78 is 0. The third-order valence-corrected chi connectivity index (χ3v) is 5.53. The Morgan fingerprint density at radius 3 is 2.84 bits per heavy atom. The molecule has 4 nitrogen and oxygen atoms in total. The van der Waals surface area contributed by atoms with Crippen molar-refractivity contribution in [1.29, 1.82) is 0 Å². The molecule has 25 heavy (non-hydrogen) atoms. The highest BCUT2D eigenvalue weighted by Crippen LogP contribution is 2.28. The third kappa shape index (κ3) is 3.92. The van der Waals surface area contributed by atoms with Gasteiger partial charge in [-0.15, -0.1) is 22.7 Å². The van der Waals surface area contributed by atoms with E-state index in [2.05, 4.69) is 32.8 Å². The molecule has 1 N–H and O–H groups in total. The molecule has 0 saturated heterocycles. The quantitative estimate of drug-likeness (QED) is 0.522. The molecule has 4 aromatic heterocycles. The van der Waals surface area contributed by atoms with Gasteiger partial charge in [-0.25, -0.2) is 15.0 Å². The molecule has 0 amide bonds. The molecule has 0 aliphatic heterocycles. The lowest BCUT2D eigenvalue weighted by Crippen LogP contribution is -1.96. The number of thiophene rings is 1. The first-order chi connectivity index (χ1) is 12.3. The summed E-state index contributed by atoms with van der Waals surface area (Å²) in [5.41, 5.74) is 2.09. The number of rotatable bonds is 5. The Bertz CT molecular complexity index is 977. The largest absolute Gasteiger partial charge is 0.325 e. The molecule has 0 aliphatic rings. The second-order valence-corrected chi connectivity index (χ2v) is 7.77. The molecule has 0 spiro atoms. The molecule has 4 rings (SSSR count). The number of anilines is 2. The highest BCUT2D eigenvalue weighted by atomic mass is 32.1. The predicted octanol–water partition coefficient (Wildman–Crippen LogP) is 5.30. The molecule has 0 fully saturated rings. The second-order valence-electron chi connectivity index (χ2n) is 5.63. The molecule has 6 heteroatoms. The average Bonchev–Trinajstić information content (AvgIpc) is 3.28. The second kappa shape index (κ2) is 7.13. The lowest BCUT2D eigenvalue weighted by atomic mass is 10.3. The fourth-order valence-electron chi connectivity index (χ4n) is 2.45. The van der Waals surface area contributed by atoms with Gasteiger partial charge in [0.1, 0.15) is 11.6 Å². The minimum Gasteiger partial charge on any atom is -0.325 e. The summed E-state index contributed by atoms with van der Waals surface area (Å²) in [6.07, 6.45) is 4.58. The summed E-state index contributed by atoms with van der Waals surface area (Å²) in [4.78, 5) is 16.0. The van der Waals surface area contributed by atoms with E-state index < -0.39 is 0 Å². The van der Waals surface area contributed by atoms with Gasteiger partial charge in [-0.05, 0) is 48.2 Å². The molecule has 4 aromatic rings. The zero-order valence-corrected chi connectivity index (χ0v) is 15.3. The molecule has 0 radical (unpaired) electrons. The van der Waals surface area contributed by atoms with Gasteiger partial charge >= 0.3 is 0 Å². The fourth-order valence-corrected chi connectivity index (χ4v) is 4.16. The van der Waals surface area contributed by atoms with Crippen LogP contribution in [0, 0.1) is 6.92 Å². The van der Waals surface area contributed by atoms with Gasteiger partial charge in [-0.1, -0.05) is 12.1 Å². The Labute approximate surface area is 154 Å². The molecular weight excluding hydrogens is 348 g/mol. The van der Waals surface area contributed by atoms with Crippen molar-refractivity contribution in [3.63, 3.8) is 0 Å². The summed E-state index contributed by atoms with van der Waals surface area (Å²) in [6.45, 7) is 2.04. The lowest BCUT2D eigenvalue weighted by molar-refractivity contribution is 1.17. The topological polar surface area (TPSA) is 50.7 Å². The summed E-state index contributed by atoms with van der Waals surface area (Å²) in [6, 6.07) is 14.1. The van der Waals surface area contributed by atoms with Crippen molar-refractivity contribution in [1.82, 2.24) is 15.0 Å². The molecule has 0 unspecified atom stereocenters. The molecule has 0 saturated carbocycles. The van der Waals surface area contributed by atoms with E-state index >= 15 is 0 Å². The minimum atomic E-state index is 0.781. The maximum atomic E-state index is 4.70. The fraction of sp³-hybridized carbons (Fsp3) is 0.105. The minimum absolute atomic E-state index is 0.781. The van der Waals surface area contributed by atoms with Crippen LogP contribution < -0.4 is 5.32 Å². The van der Waals surface area contributed by atoms with E-state index in [1.807, 2.05) is 43.5 Å². The summed E-state index contributed by atoms with van der Waals surface area (Å²) in [5, 5.41) is 6.47. The Kier molecular flexibility index (Phi) is 4.54. The molecule has 0 aliphatic carbocycles. The van der Waals surface area contributed by atoms with Gasteiger partial charge in [-0.2, -0.15) is 0 Å². The number of hydrogen-bond donors (Lipinski definition) is 1. The maximum absolute atomic E-state index is 4.70. The van der Waals surface area contributed by atoms with Gasteiger partial charge in [0.25, 0.3) is 0 Å². The van der Waals surface area contributed by atoms with E-state index in [4.69, 9.17) is 4.98 Å². The van der Waals surface area contributed by atoms with Crippen LogP contribution in [0.3, 0.4) is 0 Å². The van der Waals surface area contributed by atoms with Crippen LogP contribution in [0.4, 0.5) is 11.6 Å². The molecule has 0 aromatic carbocycles. The first-order valence-corrected chi connectivity index (χ1v) is 9.60. The highest BCUT2D eigenvalue weighted by molar-refractivity contribution is 7.15. The van der Waals surface area contributed by atoms with Crippen LogP contribution >= 0.6 is 22.7 Å². The average molecular weight is 364 g/mol. The van der Waals surface area contributed by atoms with Crippen molar-refractivity contribution in [3.05, 3.63) is 75.7 Å². The van der Waals surface area contributed by atoms with E-state index in [1.165, 1.54) is 4.88 Å². The Balaban J connectivity index is 1.54. The van der Waals surface area contributed by atoms with Gasteiger partial charge in [0.05, 0.1) is 15.6 Å². The van der Waals surface area contributed by atoms with Crippen LogP contribution in [0.25, 0.3) is 10.6 Å². The van der Waals surface area contributed by atoms with Gasteiger partial charge < -0.3 is 5.32 Å². The normalized spacial score (nSPS) is 10.8. The number of hydrogen-bond acceptors (Lipinski definition) is 6. The maximum Gasteiger partial charge on any atom is 0.132 e. The van der Waals surface area contributed by atoms with Gasteiger partial charge in [0, 0.05) is 23.7 Å². The standard InChI is InChI=1S/C19H16N4S2/c1-13-7-8-20-18(10-13)23-17-6-2-5-15(22-17)16-12-21-19(25-16)11-14-4-3-9-24-14/h2-10,12H,11H2,1H3,(H,20,22,23). The van der Waals surface area contributed by atoms with E-state index in [0.29, 0.717) is 0 Å². The number of nitrogens with one attached hydrogen (secondary N) is 1. The Morgan fingerprint density at radius 1 is 1.04 bits per heavy atom. The Morgan fingerprint density at radius 2 is 2.00 bits per heavy atom. The van der Waals surface area contributed by atoms with E-state index in [-0.39, 0.29) is 0 Å². The number of aromatic nitrogens is 3. The van der Waals surface area contributed by atoms with Crippen LogP contribution in [-0.2, 0) is 6.42 Å². The van der Waals surface area contributed by atoms with Crippen molar-refractivity contribution in [2.45, 2.75) is 13.3 Å². The molecule has 0 bridgehead atoms. The lowest BCUT2D eigenvalue weighted by Gasteiger charge is -2.06. The van der Waals surface area contributed by atoms with Crippen LogP contribution in [0.1, 0.15) is 15.4 Å². The van der Waals surface area contributed by atoms with Crippen molar-refractivity contribution >= 4 is 34.3 Å². The van der Waals surface area contributed by atoms with Crippen molar-refractivity contribution in [3.8, 4) is 10.6 Å². The highest BCUT2D eigenvalue weighted by Gasteiger charge is 2.08. The number of thiazole rings is 1. The Hall–Kier alpha value is -2.57. The number of nitrogens with zero attached hydrogens (tertiary/aromatic N) is 3. The summed E-state index contributed by atoms with van der Waals surface area (Å²) >= 11 is 3.45. The predicted molar refractivity (Wildman–Crippen MR) is 105 cm³/mol. The summed E-state index contributed by atoms with van der Waals surface area (Å²) in [5.74, 6) is 1.58. The molecule has 0 atom stereocenters. The van der Waals surface area contributed by atoms with Gasteiger partial charge in [0.2, 0.25) is 0 Å². The zero-order valence-electron chi connectivity index (χ0n) is 13.6. The first-order valence-electron chi connectivity index (χ1n) is 7.90. The van der Waals surface area contributed by atoms with Crippen LogP contribution in [0.15, 0.2) is 60.2 Å². The van der Waals surface area contributed by atoms with Crippen molar-refractivity contribution in [2.75, 3.05) is 5.32 Å². The van der Waals surface area contributed by atoms with Crippen LogP contribution in [0.2, 0.25) is 0 Å². The SMILES string of the molecule is Cc1ccnc(Nc2cccc(-c3cnc(Cc4cccs4)s3)n2)c1. The number of aryl methyl sites for hydroxylation is 1. The van der Waals surface area contributed by atoms with E-state index in [1.54, 1.807) is 28.9 Å². The van der Waals surface area contributed by atoms with Crippen molar-refractivity contribution in [2.24, 2.45) is 0 Å². The third-order valence-electron chi connectivity index (χ3n) is 3.63. The van der Waals surface area contributed by atoms with Crippen molar-refractivity contribution < 1.29 is 0 Å². The van der Waals surface area contributed by atoms with E-state index in [0.717, 1.165) is 39.2 Å². The van der Waals surface area contributed by atoms with Crippen LogP contribution in [0.5, 0.6) is 0 Å². The van der Waals surface area contributed by atoms with Crippen LogP contribution in [-0.4, -0.2) is 15.0 Å². The molecule has 4 heterocycles. The monoisotopic (exact) mass is 364 g/mol. The summed E-state index contributed by atoms with van der Waals surface area (Å²) in [7, 11) is 0. The van der Waals surface area contributed by atoms with Gasteiger partial charge in [-0.3, -0.25) is 0 Å².